The Morgan fingerprint density at radius 3 is 2.56 bits per heavy atom. The van der Waals surface area contributed by atoms with Crippen LogP contribution in [0.25, 0.3) is 10.9 Å². The molecule has 1 amide bonds. The first-order valence-electron chi connectivity index (χ1n) is 8.58. The third-order valence-electron chi connectivity index (χ3n) is 5.70. The van der Waals surface area contributed by atoms with Crippen LogP contribution < -0.4 is 0 Å². The molecule has 0 bridgehead atoms. The molecule has 0 N–H and O–H groups in total. The minimum Gasteiger partial charge on any atom is -0.341 e. The fourth-order valence-corrected chi connectivity index (χ4v) is 5.97. The topological polar surface area (TPSA) is 59.4 Å². The predicted octanol–water partition coefficient (Wildman–Crippen LogP) is 2.99. The van der Waals surface area contributed by atoms with Gasteiger partial charge in [-0.1, -0.05) is 30.5 Å². The molecule has 0 radical (unpaired) electrons. The molecule has 1 aromatic carbocycles. The lowest BCUT2D eigenvalue weighted by Crippen LogP contribution is -2.53. The maximum Gasteiger partial charge on any atom is 0.244 e. The van der Waals surface area contributed by atoms with E-state index in [1.807, 2.05) is 18.2 Å². The van der Waals surface area contributed by atoms with E-state index in [1.54, 1.807) is 4.90 Å². The van der Waals surface area contributed by atoms with E-state index in [-0.39, 0.29) is 5.91 Å². The largest absolute Gasteiger partial charge is 0.341 e. The van der Waals surface area contributed by atoms with Gasteiger partial charge < -0.3 is 9.47 Å². The molecule has 0 saturated heterocycles. The number of amides is 1. The Morgan fingerprint density at radius 1 is 1.16 bits per heavy atom. The molecule has 2 aliphatic rings. The molecule has 1 aliphatic heterocycles. The Labute approximate surface area is 152 Å². The van der Waals surface area contributed by atoms with Crippen LogP contribution in [0.15, 0.2) is 24.3 Å². The van der Waals surface area contributed by atoms with Gasteiger partial charge in [0.1, 0.15) is 0 Å². The van der Waals surface area contributed by atoms with Gasteiger partial charge in [0, 0.05) is 41.0 Å². The summed E-state index contributed by atoms with van der Waals surface area (Å²) in [7, 11) is -3.44. The Kier molecular flexibility index (Phi) is 3.88. The molecule has 7 heteroatoms. The van der Waals surface area contributed by atoms with Crippen molar-refractivity contribution in [3.63, 3.8) is 0 Å². The highest BCUT2D eigenvalue weighted by atomic mass is 35.5. The monoisotopic (exact) mass is 380 g/mol. The molecule has 1 fully saturated rings. The number of benzene rings is 1. The Hall–Kier alpha value is -1.53. The van der Waals surface area contributed by atoms with E-state index in [2.05, 4.69) is 10.6 Å². The maximum absolute atomic E-state index is 13.2. The Balaban J connectivity index is 1.68. The highest BCUT2D eigenvalue weighted by molar-refractivity contribution is 7.92. The molecule has 1 aromatic heterocycles. The van der Waals surface area contributed by atoms with Gasteiger partial charge >= 0.3 is 0 Å². The van der Waals surface area contributed by atoms with E-state index < -0.39 is 14.6 Å². The molecular weight excluding hydrogens is 360 g/mol. The van der Waals surface area contributed by atoms with Crippen molar-refractivity contribution < 1.29 is 13.2 Å². The summed E-state index contributed by atoms with van der Waals surface area (Å²) < 4.78 is 25.7. The normalized spacial score (nSPS) is 20.0. The van der Waals surface area contributed by atoms with Gasteiger partial charge in [-0.3, -0.25) is 4.79 Å². The molecule has 134 valence electrons. The van der Waals surface area contributed by atoms with Crippen molar-refractivity contribution in [2.75, 3.05) is 12.8 Å². The van der Waals surface area contributed by atoms with Crippen molar-refractivity contribution in [3.8, 4) is 0 Å². The van der Waals surface area contributed by atoms with E-state index in [0.29, 0.717) is 37.5 Å². The lowest BCUT2D eigenvalue weighted by Gasteiger charge is -2.36. The van der Waals surface area contributed by atoms with Gasteiger partial charge in [0.2, 0.25) is 5.91 Å². The minimum absolute atomic E-state index is 0.220. The number of hydrogen-bond acceptors (Lipinski definition) is 3. The summed E-state index contributed by atoms with van der Waals surface area (Å²) in [5.74, 6) is -0.220. The molecular formula is C18H21ClN2O3S. The van der Waals surface area contributed by atoms with Gasteiger partial charge in [-0.2, -0.15) is 0 Å². The van der Waals surface area contributed by atoms with Crippen LogP contribution in [0.1, 0.15) is 31.4 Å². The lowest BCUT2D eigenvalue weighted by molar-refractivity contribution is -0.135. The smallest absolute Gasteiger partial charge is 0.244 e. The second-order valence-electron chi connectivity index (χ2n) is 7.19. The number of sulfone groups is 1. The van der Waals surface area contributed by atoms with E-state index in [9.17, 15) is 13.2 Å². The highest BCUT2D eigenvalue weighted by Crippen LogP contribution is 2.39. The lowest BCUT2D eigenvalue weighted by atomic mass is 10.0. The number of nitrogens with zero attached hydrogens (tertiary/aromatic N) is 2. The van der Waals surface area contributed by atoms with Gasteiger partial charge in [0.05, 0.1) is 6.54 Å². The number of halogens is 1. The first-order chi connectivity index (χ1) is 11.8. The van der Waals surface area contributed by atoms with Gasteiger partial charge in [0.15, 0.2) is 14.6 Å². The second kappa shape index (κ2) is 5.74. The molecule has 2 aromatic rings. The van der Waals surface area contributed by atoms with Crippen LogP contribution in [0, 0.1) is 0 Å². The molecule has 5 nitrogen and oxygen atoms in total. The maximum atomic E-state index is 13.2. The number of hydrogen-bond donors (Lipinski definition) is 0. The summed E-state index contributed by atoms with van der Waals surface area (Å²) in [6.07, 6.45) is 3.69. The van der Waals surface area contributed by atoms with Gasteiger partial charge in [-0.05, 0) is 31.0 Å². The van der Waals surface area contributed by atoms with Crippen LogP contribution in [0.3, 0.4) is 0 Å². The first-order valence-corrected chi connectivity index (χ1v) is 10.9. The SMILES string of the molecule is CS(=O)(=O)C1(C(=O)N2CCn3c(cc4ccc(Cl)cc43)C2)CCCC1. The van der Waals surface area contributed by atoms with Crippen molar-refractivity contribution in [2.24, 2.45) is 0 Å². The molecule has 0 atom stereocenters. The van der Waals surface area contributed by atoms with Crippen LogP contribution in [-0.2, 0) is 27.7 Å². The molecule has 4 rings (SSSR count). The van der Waals surface area contributed by atoms with Crippen molar-refractivity contribution in [1.29, 1.82) is 0 Å². The van der Waals surface area contributed by atoms with Gasteiger partial charge in [-0.25, -0.2) is 8.42 Å². The number of carbonyl (C=O) groups is 1. The van der Waals surface area contributed by atoms with Crippen LogP contribution in [0.2, 0.25) is 5.02 Å². The zero-order valence-corrected chi connectivity index (χ0v) is 15.7. The van der Waals surface area contributed by atoms with Crippen LogP contribution in [-0.4, -0.2) is 41.3 Å². The Bertz CT molecular complexity index is 958. The average Bonchev–Trinajstić information content (AvgIpc) is 3.18. The van der Waals surface area contributed by atoms with E-state index in [0.717, 1.165) is 29.4 Å². The van der Waals surface area contributed by atoms with E-state index >= 15 is 0 Å². The average molecular weight is 381 g/mol. The fraction of sp³-hybridized carbons (Fsp3) is 0.500. The Morgan fingerprint density at radius 2 is 1.88 bits per heavy atom. The number of rotatable bonds is 2. The minimum atomic E-state index is -3.44. The molecule has 1 saturated carbocycles. The number of carbonyl (C=O) groups excluding carboxylic acids is 1. The summed E-state index contributed by atoms with van der Waals surface area (Å²) in [4.78, 5) is 14.9. The van der Waals surface area contributed by atoms with Crippen LogP contribution in [0.4, 0.5) is 0 Å². The quantitative estimate of drug-likeness (QED) is 0.804. The molecule has 1 aliphatic carbocycles. The van der Waals surface area contributed by atoms with Crippen LogP contribution in [0.5, 0.6) is 0 Å². The van der Waals surface area contributed by atoms with E-state index in [1.165, 1.54) is 6.26 Å². The van der Waals surface area contributed by atoms with Crippen LogP contribution >= 0.6 is 11.6 Å². The molecule has 0 spiro atoms. The third-order valence-corrected chi connectivity index (χ3v) is 7.93. The van der Waals surface area contributed by atoms with Crippen molar-refractivity contribution in [1.82, 2.24) is 9.47 Å². The van der Waals surface area contributed by atoms with E-state index in [4.69, 9.17) is 11.6 Å². The standard InChI is InChI=1S/C18H21ClN2O3S/c1-25(23,24)18(6-2-3-7-18)17(22)20-8-9-21-15(12-20)10-13-4-5-14(19)11-16(13)21/h4-5,10-11H,2-3,6-9,12H2,1H3. The summed E-state index contributed by atoms with van der Waals surface area (Å²) in [5, 5.41) is 1.78. The van der Waals surface area contributed by atoms with Crippen molar-refractivity contribution in [2.45, 2.75) is 43.5 Å². The first kappa shape index (κ1) is 16.9. The predicted molar refractivity (Wildman–Crippen MR) is 98.4 cm³/mol. The molecule has 0 unspecified atom stereocenters. The number of fused-ring (bicyclic) bond motifs is 3. The summed E-state index contributed by atoms with van der Waals surface area (Å²) in [6.45, 7) is 1.63. The highest BCUT2D eigenvalue weighted by Gasteiger charge is 2.52. The molecule has 2 heterocycles. The third kappa shape index (κ3) is 2.57. The summed E-state index contributed by atoms with van der Waals surface area (Å²) in [6, 6.07) is 7.83. The van der Waals surface area contributed by atoms with Crippen molar-refractivity contribution >= 4 is 38.2 Å². The second-order valence-corrected chi connectivity index (χ2v) is 9.95. The van der Waals surface area contributed by atoms with Crippen molar-refractivity contribution in [3.05, 3.63) is 35.0 Å². The summed E-state index contributed by atoms with van der Waals surface area (Å²) in [5.41, 5.74) is 2.09. The zero-order chi connectivity index (χ0) is 17.8. The molecule has 25 heavy (non-hydrogen) atoms. The zero-order valence-electron chi connectivity index (χ0n) is 14.2. The van der Waals surface area contributed by atoms with Gasteiger partial charge in [0.25, 0.3) is 0 Å². The van der Waals surface area contributed by atoms with Gasteiger partial charge in [-0.15, -0.1) is 0 Å². The fourth-order valence-electron chi connectivity index (χ4n) is 4.33. The number of aromatic nitrogens is 1. The summed E-state index contributed by atoms with van der Waals surface area (Å²) >= 11 is 6.11.